The summed E-state index contributed by atoms with van der Waals surface area (Å²) in [6.07, 6.45) is 5.41. The largest absolute Gasteiger partial charge is 0.493 e. The fourth-order valence-electron chi connectivity index (χ4n) is 3.36. The smallest absolute Gasteiger partial charge is 0.225 e. The van der Waals surface area contributed by atoms with Gasteiger partial charge < -0.3 is 15.0 Å². The van der Waals surface area contributed by atoms with Gasteiger partial charge in [-0.25, -0.2) is 0 Å². The van der Waals surface area contributed by atoms with Crippen LogP contribution in [0.2, 0.25) is 0 Å². The Balaban J connectivity index is 1.34. The number of amides is 1. The summed E-state index contributed by atoms with van der Waals surface area (Å²) >= 11 is 0. The molecule has 1 amide bonds. The number of piperidine rings is 1. The molecular weight excluding hydrogens is 300 g/mol. The van der Waals surface area contributed by atoms with E-state index in [0.717, 1.165) is 43.2 Å². The van der Waals surface area contributed by atoms with Gasteiger partial charge in [0.15, 0.2) is 0 Å². The highest BCUT2D eigenvalue weighted by Crippen LogP contribution is 2.28. The number of ether oxygens (including phenoxy) is 1. The molecule has 0 aromatic heterocycles. The minimum absolute atomic E-state index is 0.223. The predicted molar refractivity (Wildman–Crippen MR) is 96.4 cm³/mol. The summed E-state index contributed by atoms with van der Waals surface area (Å²) in [5.41, 5.74) is 2.36. The molecule has 0 atom stereocenters. The van der Waals surface area contributed by atoms with E-state index in [0.29, 0.717) is 19.1 Å². The number of benzene rings is 1. The lowest BCUT2D eigenvalue weighted by molar-refractivity contribution is -0.132. The summed E-state index contributed by atoms with van der Waals surface area (Å²) in [5.74, 6) is 2.03. The van der Waals surface area contributed by atoms with Crippen LogP contribution in [-0.2, 0) is 4.79 Å². The number of rotatable bonds is 7. The van der Waals surface area contributed by atoms with Gasteiger partial charge in [0.05, 0.1) is 13.0 Å². The summed E-state index contributed by atoms with van der Waals surface area (Å²) in [6, 6.07) is 6.74. The van der Waals surface area contributed by atoms with Gasteiger partial charge in [0.1, 0.15) is 5.75 Å². The van der Waals surface area contributed by atoms with Gasteiger partial charge in [-0.15, -0.1) is 0 Å². The molecule has 3 rings (SSSR count). The molecule has 1 aromatic rings. The molecule has 2 aliphatic rings. The zero-order chi connectivity index (χ0) is 16.9. The second-order valence-electron chi connectivity index (χ2n) is 7.37. The number of hydrogen-bond acceptors (Lipinski definition) is 3. The molecule has 24 heavy (non-hydrogen) atoms. The van der Waals surface area contributed by atoms with Crippen LogP contribution in [0.1, 0.15) is 43.2 Å². The van der Waals surface area contributed by atoms with Gasteiger partial charge in [0, 0.05) is 19.1 Å². The monoisotopic (exact) mass is 330 g/mol. The number of aryl methyl sites for hydroxylation is 2. The van der Waals surface area contributed by atoms with Gasteiger partial charge in [-0.05, 0) is 63.6 Å². The number of hydrogen-bond donors (Lipinski definition) is 1. The number of likely N-dealkylation sites (tertiary alicyclic amines) is 1. The lowest BCUT2D eigenvalue weighted by Crippen LogP contribution is -2.45. The molecule has 0 spiro atoms. The first kappa shape index (κ1) is 17.3. The molecule has 2 fully saturated rings. The van der Waals surface area contributed by atoms with Crippen LogP contribution in [0.4, 0.5) is 0 Å². The minimum Gasteiger partial charge on any atom is -0.493 e. The number of carbonyl (C=O) groups excluding carboxylic acids is 1. The zero-order valence-corrected chi connectivity index (χ0v) is 15.0. The third kappa shape index (κ3) is 4.97. The van der Waals surface area contributed by atoms with Crippen molar-refractivity contribution in [3.8, 4) is 5.75 Å². The zero-order valence-electron chi connectivity index (χ0n) is 15.0. The highest BCUT2D eigenvalue weighted by molar-refractivity contribution is 5.76. The van der Waals surface area contributed by atoms with Crippen LogP contribution < -0.4 is 10.1 Å². The van der Waals surface area contributed by atoms with Crippen molar-refractivity contribution in [2.24, 2.45) is 5.92 Å². The van der Waals surface area contributed by atoms with Crippen LogP contribution in [0, 0.1) is 19.8 Å². The minimum atomic E-state index is 0.223. The lowest BCUT2D eigenvalue weighted by Gasteiger charge is -2.32. The van der Waals surface area contributed by atoms with Crippen molar-refractivity contribution in [2.45, 2.75) is 52.0 Å². The van der Waals surface area contributed by atoms with Crippen LogP contribution in [0.25, 0.3) is 0 Å². The molecule has 4 nitrogen and oxygen atoms in total. The fraction of sp³-hybridized carbons (Fsp3) is 0.650. The number of carbonyl (C=O) groups is 1. The summed E-state index contributed by atoms with van der Waals surface area (Å²) in [6.45, 7) is 7.51. The van der Waals surface area contributed by atoms with Gasteiger partial charge in [-0.1, -0.05) is 17.7 Å². The average molecular weight is 330 g/mol. The Morgan fingerprint density at radius 1 is 1.21 bits per heavy atom. The molecule has 1 saturated heterocycles. The molecule has 1 aliphatic heterocycles. The highest BCUT2D eigenvalue weighted by atomic mass is 16.5. The molecule has 1 N–H and O–H groups in total. The van der Waals surface area contributed by atoms with Crippen LogP contribution >= 0.6 is 0 Å². The molecule has 1 aliphatic carbocycles. The van der Waals surface area contributed by atoms with Crippen molar-refractivity contribution < 1.29 is 9.53 Å². The van der Waals surface area contributed by atoms with Crippen molar-refractivity contribution in [3.63, 3.8) is 0 Å². The normalized spacial score (nSPS) is 18.7. The van der Waals surface area contributed by atoms with Crippen molar-refractivity contribution in [1.82, 2.24) is 10.2 Å². The highest BCUT2D eigenvalue weighted by Gasteiger charge is 2.25. The lowest BCUT2D eigenvalue weighted by atomic mass is 10.0. The Morgan fingerprint density at radius 3 is 2.62 bits per heavy atom. The van der Waals surface area contributed by atoms with E-state index in [9.17, 15) is 4.79 Å². The average Bonchev–Trinajstić information content (AvgIpc) is 3.40. The standard InChI is InChI=1S/C20H30N2O2/c1-15-3-6-19(16(2)13-15)24-12-9-20(23)22-10-7-18(8-11-22)21-14-17-4-5-17/h3,6,13,17-18,21H,4-5,7-12,14H2,1-2H3. The molecule has 0 bridgehead atoms. The second kappa shape index (κ2) is 8.02. The van der Waals surface area contributed by atoms with Crippen molar-refractivity contribution in [2.75, 3.05) is 26.2 Å². The first-order valence-electron chi connectivity index (χ1n) is 9.33. The van der Waals surface area contributed by atoms with Crippen molar-refractivity contribution >= 4 is 5.91 Å². The molecule has 1 aromatic carbocycles. The SMILES string of the molecule is Cc1ccc(OCCC(=O)N2CCC(NCC3CC3)CC2)c(C)c1. The summed E-state index contributed by atoms with van der Waals surface area (Å²) in [7, 11) is 0. The van der Waals surface area contributed by atoms with E-state index in [2.05, 4.69) is 18.3 Å². The fourth-order valence-corrected chi connectivity index (χ4v) is 3.36. The van der Waals surface area contributed by atoms with E-state index in [-0.39, 0.29) is 5.91 Å². The van der Waals surface area contributed by atoms with Gasteiger partial charge in [0.2, 0.25) is 5.91 Å². The summed E-state index contributed by atoms with van der Waals surface area (Å²) in [4.78, 5) is 14.3. The Labute approximate surface area is 145 Å². The quantitative estimate of drug-likeness (QED) is 0.835. The van der Waals surface area contributed by atoms with Crippen LogP contribution in [0.15, 0.2) is 18.2 Å². The van der Waals surface area contributed by atoms with Gasteiger partial charge in [0.25, 0.3) is 0 Å². The number of nitrogens with one attached hydrogen (secondary N) is 1. The Hall–Kier alpha value is -1.55. The van der Waals surface area contributed by atoms with E-state index in [4.69, 9.17) is 4.74 Å². The molecule has 4 heteroatoms. The third-order valence-corrected chi connectivity index (χ3v) is 5.14. The number of nitrogens with zero attached hydrogens (tertiary/aromatic N) is 1. The van der Waals surface area contributed by atoms with E-state index in [1.165, 1.54) is 24.9 Å². The maximum Gasteiger partial charge on any atom is 0.225 e. The van der Waals surface area contributed by atoms with Gasteiger partial charge >= 0.3 is 0 Å². The van der Waals surface area contributed by atoms with Gasteiger partial charge in [-0.2, -0.15) is 0 Å². The van der Waals surface area contributed by atoms with Crippen LogP contribution in [0.3, 0.4) is 0 Å². The Morgan fingerprint density at radius 2 is 1.96 bits per heavy atom. The second-order valence-corrected chi connectivity index (χ2v) is 7.37. The summed E-state index contributed by atoms with van der Waals surface area (Å²) < 4.78 is 5.79. The summed E-state index contributed by atoms with van der Waals surface area (Å²) in [5, 5.41) is 3.66. The Kier molecular flexibility index (Phi) is 5.77. The van der Waals surface area contributed by atoms with Crippen molar-refractivity contribution in [1.29, 1.82) is 0 Å². The van der Waals surface area contributed by atoms with Gasteiger partial charge in [-0.3, -0.25) is 4.79 Å². The first-order valence-corrected chi connectivity index (χ1v) is 9.33. The maximum atomic E-state index is 12.3. The molecular formula is C20H30N2O2. The van der Waals surface area contributed by atoms with Crippen LogP contribution in [-0.4, -0.2) is 43.1 Å². The van der Waals surface area contributed by atoms with Crippen molar-refractivity contribution in [3.05, 3.63) is 29.3 Å². The molecule has 132 valence electrons. The van der Waals surface area contributed by atoms with E-state index < -0.39 is 0 Å². The Bertz CT molecular complexity index is 561. The maximum absolute atomic E-state index is 12.3. The van der Waals surface area contributed by atoms with Crippen LogP contribution in [0.5, 0.6) is 5.75 Å². The topological polar surface area (TPSA) is 41.6 Å². The molecule has 0 unspecified atom stereocenters. The molecule has 0 radical (unpaired) electrons. The predicted octanol–water partition coefficient (Wildman–Crippen LogP) is 3.06. The van der Waals surface area contributed by atoms with E-state index in [1.54, 1.807) is 0 Å². The molecule has 1 heterocycles. The molecule has 1 saturated carbocycles. The third-order valence-electron chi connectivity index (χ3n) is 5.14. The van der Waals surface area contributed by atoms with E-state index >= 15 is 0 Å². The first-order chi connectivity index (χ1) is 11.6. The van der Waals surface area contributed by atoms with E-state index in [1.807, 2.05) is 24.0 Å².